The number of aromatic nitrogens is 4. The molecule has 0 atom stereocenters. The van der Waals surface area contributed by atoms with Gasteiger partial charge in [-0.1, -0.05) is 11.8 Å². The molecule has 20 heavy (non-hydrogen) atoms. The fraction of sp³-hybridized carbons (Fsp3) is 0.462. The van der Waals surface area contributed by atoms with E-state index in [1.807, 2.05) is 19.1 Å². The van der Waals surface area contributed by atoms with Gasteiger partial charge in [0.2, 0.25) is 0 Å². The van der Waals surface area contributed by atoms with Gasteiger partial charge in [-0.2, -0.15) is 0 Å². The van der Waals surface area contributed by atoms with Crippen molar-refractivity contribution < 1.29 is 0 Å². The Labute approximate surface area is 121 Å². The molecule has 2 aromatic rings. The Morgan fingerprint density at radius 2 is 2.40 bits per heavy atom. The SMILES string of the molecule is CCNc1cc(CSc2n[nH]c(=O)n2C2CC2)ccn1. The third kappa shape index (κ3) is 2.87. The molecule has 1 aliphatic rings. The van der Waals surface area contributed by atoms with Crippen molar-refractivity contribution >= 4 is 17.6 Å². The van der Waals surface area contributed by atoms with E-state index in [1.165, 1.54) is 5.56 Å². The molecule has 106 valence electrons. The molecule has 3 rings (SSSR count). The second-order valence-electron chi connectivity index (χ2n) is 4.78. The van der Waals surface area contributed by atoms with Crippen LogP contribution in [0.2, 0.25) is 0 Å². The summed E-state index contributed by atoms with van der Waals surface area (Å²) in [6.45, 7) is 2.89. The lowest BCUT2D eigenvalue weighted by Crippen LogP contribution is -2.16. The first kappa shape index (κ1) is 13.2. The Morgan fingerprint density at radius 1 is 1.55 bits per heavy atom. The Kier molecular flexibility index (Phi) is 3.77. The number of thioether (sulfide) groups is 1. The van der Waals surface area contributed by atoms with Crippen molar-refractivity contribution in [2.75, 3.05) is 11.9 Å². The van der Waals surface area contributed by atoms with E-state index in [1.54, 1.807) is 22.5 Å². The minimum atomic E-state index is -0.0990. The van der Waals surface area contributed by atoms with Gasteiger partial charge >= 0.3 is 5.69 Å². The molecule has 0 spiro atoms. The van der Waals surface area contributed by atoms with E-state index >= 15 is 0 Å². The van der Waals surface area contributed by atoms with E-state index < -0.39 is 0 Å². The summed E-state index contributed by atoms with van der Waals surface area (Å²) >= 11 is 1.58. The van der Waals surface area contributed by atoms with E-state index in [0.717, 1.165) is 36.1 Å². The van der Waals surface area contributed by atoms with Crippen LogP contribution in [0.5, 0.6) is 0 Å². The number of anilines is 1. The van der Waals surface area contributed by atoms with E-state index in [4.69, 9.17) is 0 Å². The molecule has 6 nitrogen and oxygen atoms in total. The highest BCUT2D eigenvalue weighted by Gasteiger charge is 2.28. The smallest absolute Gasteiger partial charge is 0.344 e. The van der Waals surface area contributed by atoms with Gasteiger partial charge in [-0.3, -0.25) is 4.57 Å². The summed E-state index contributed by atoms with van der Waals surface area (Å²) in [6, 6.07) is 4.36. The molecule has 1 fully saturated rings. The largest absolute Gasteiger partial charge is 0.370 e. The first-order valence-electron chi connectivity index (χ1n) is 6.76. The molecule has 2 N–H and O–H groups in total. The average Bonchev–Trinajstić information content (AvgIpc) is 3.21. The van der Waals surface area contributed by atoms with Crippen LogP contribution in [0.4, 0.5) is 5.82 Å². The van der Waals surface area contributed by atoms with Crippen molar-refractivity contribution in [1.29, 1.82) is 0 Å². The molecule has 0 aliphatic heterocycles. The van der Waals surface area contributed by atoms with Crippen LogP contribution in [0.25, 0.3) is 0 Å². The highest BCUT2D eigenvalue weighted by molar-refractivity contribution is 7.98. The number of nitrogens with one attached hydrogen (secondary N) is 2. The summed E-state index contributed by atoms with van der Waals surface area (Å²) in [5.74, 6) is 1.66. The van der Waals surface area contributed by atoms with Gasteiger partial charge in [0.05, 0.1) is 0 Å². The number of pyridine rings is 1. The fourth-order valence-electron chi connectivity index (χ4n) is 2.04. The highest BCUT2D eigenvalue weighted by Crippen LogP contribution is 2.36. The average molecular weight is 291 g/mol. The summed E-state index contributed by atoms with van der Waals surface area (Å²) < 4.78 is 1.77. The van der Waals surface area contributed by atoms with Crippen molar-refractivity contribution in [3.8, 4) is 0 Å². The number of aromatic amines is 1. The number of nitrogens with zero attached hydrogens (tertiary/aromatic N) is 3. The van der Waals surface area contributed by atoms with Crippen molar-refractivity contribution in [2.24, 2.45) is 0 Å². The van der Waals surface area contributed by atoms with E-state index in [9.17, 15) is 4.79 Å². The summed E-state index contributed by atoms with van der Waals surface area (Å²) in [4.78, 5) is 15.9. The van der Waals surface area contributed by atoms with Crippen LogP contribution in [0, 0.1) is 0 Å². The number of hydrogen-bond acceptors (Lipinski definition) is 5. The number of rotatable bonds is 6. The normalized spacial score (nSPS) is 14.4. The molecule has 7 heteroatoms. The number of hydrogen-bond donors (Lipinski definition) is 2. The lowest BCUT2D eigenvalue weighted by atomic mass is 10.3. The van der Waals surface area contributed by atoms with Gasteiger partial charge in [0, 0.05) is 24.5 Å². The quantitative estimate of drug-likeness (QED) is 0.796. The molecule has 2 heterocycles. The predicted molar refractivity (Wildman–Crippen MR) is 79.1 cm³/mol. The molecule has 0 saturated heterocycles. The third-order valence-corrected chi connectivity index (χ3v) is 4.16. The van der Waals surface area contributed by atoms with E-state index in [-0.39, 0.29) is 5.69 Å². The van der Waals surface area contributed by atoms with Crippen LogP contribution in [0.1, 0.15) is 31.4 Å². The topological polar surface area (TPSA) is 75.6 Å². The molecule has 0 bridgehead atoms. The summed E-state index contributed by atoms with van der Waals surface area (Å²) in [5, 5.41) is 10.6. The zero-order valence-electron chi connectivity index (χ0n) is 11.3. The zero-order chi connectivity index (χ0) is 13.9. The van der Waals surface area contributed by atoms with Gasteiger partial charge in [0.25, 0.3) is 0 Å². The summed E-state index contributed by atoms with van der Waals surface area (Å²) in [5.41, 5.74) is 1.07. The van der Waals surface area contributed by atoms with E-state index in [0.29, 0.717) is 6.04 Å². The minimum Gasteiger partial charge on any atom is -0.370 e. The van der Waals surface area contributed by atoms with Gasteiger partial charge in [0.15, 0.2) is 5.16 Å². The van der Waals surface area contributed by atoms with Gasteiger partial charge in [0.1, 0.15) is 5.82 Å². The molecule has 0 amide bonds. The molecule has 1 aliphatic carbocycles. The zero-order valence-corrected chi connectivity index (χ0v) is 12.1. The van der Waals surface area contributed by atoms with Crippen LogP contribution in [0.15, 0.2) is 28.3 Å². The Bertz CT molecular complexity index is 646. The fourth-order valence-corrected chi connectivity index (χ4v) is 2.99. The first-order valence-corrected chi connectivity index (χ1v) is 7.75. The molecule has 2 aromatic heterocycles. The van der Waals surface area contributed by atoms with Crippen LogP contribution >= 0.6 is 11.8 Å². The first-order chi connectivity index (χ1) is 9.78. The second-order valence-corrected chi connectivity index (χ2v) is 5.72. The molecular formula is C13H17N5OS. The summed E-state index contributed by atoms with van der Waals surface area (Å²) in [7, 11) is 0. The van der Waals surface area contributed by atoms with Gasteiger partial charge in [-0.05, 0) is 37.5 Å². The lowest BCUT2D eigenvalue weighted by Gasteiger charge is -2.06. The maximum Gasteiger partial charge on any atom is 0.344 e. The second kappa shape index (κ2) is 5.70. The standard InChI is InChI=1S/C13H17N5OS/c1-2-14-11-7-9(5-6-15-11)8-20-13-17-16-12(19)18(13)10-3-4-10/h5-7,10H,2-4,8H2,1H3,(H,14,15)(H,16,19). The number of H-pyrrole nitrogens is 1. The van der Waals surface area contributed by atoms with Gasteiger partial charge in [-0.15, -0.1) is 5.10 Å². The van der Waals surface area contributed by atoms with Crippen LogP contribution in [0.3, 0.4) is 0 Å². The molecular weight excluding hydrogens is 274 g/mol. The van der Waals surface area contributed by atoms with Crippen molar-refractivity contribution in [1.82, 2.24) is 19.7 Å². The van der Waals surface area contributed by atoms with Crippen molar-refractivity contribution in [3.63, 3.8) is 0 Å². The maximum atomic E-state index is 11.7. The van der Waals surface area contributed by atoms with Crippen molar-refractivity contribution in [3.05, 3.63) is 34.4 Å². The minimum absolute atomic E-state index is 0.0990. The summed E-state index contributed by atoms with van der Waals surface area (Å²) in [6.07, 6.45) is 3.95. The van der Waals surface area contributed by atoms with E-state index in [2.05, 4.69) is 20.5 Å². The third-order valence-electron chi connectivity index (χ3n) is 3.13. The van der Waals surface area contributed by atoms with Gasteiger partial charge in [-0.25, -0.2) is 14.9 Å². The Balaban J connectivity index is 1.70. The van der Waals surface area contributed by atoms with Crippen molar-refractivity contribution in [2.45, 2.75) is 36.7 Å². The van der Waals surface area contributed by atoms with Gasteiger partial charge < -0.3 is 5.32 Å². The Morgan fingerprint density at radius 3 is 3.15 bits per heavy atom. The maximum absolute atomic E-state index is 11.7. The molecule has 0 radical (unpaired) electrons. The Hall–Kier alpha value is -1.76. The monoisotopic (exact) mass is 291 g/mol. The van der Waals surface area contributed by atoms with Crippen LogP contribution < -0.4 is 11.0 Å². The molecule has 1 saturated carbocycles. The highest BCUT2D eigenvalue weighted by atomic mass is 32.2. The van der Waals surface area contributed by atoms with Crippen LogP contribution in [-0.4, -0.2) is 26.3 Å². The predicted octanol–water partition coefficient (Wildman–Crippen LogP) is 2.03. The molecule has 0 aromatic carbocycles. The van der Waals surface area contributed by atoms with Crippen LogP contribution in [-0.2, 0) is 5.75 Å². The lowest BCUT2D eigenvalue weighted by molar-refractivity contribution is 0.642. The molecule has 0 unspecified atom stereocenters.